The van der Waals surface area contributed by atoms with Gasteiger partial charge in [0.25, 0.3) is 5.91 Å². The van der Waals surface area contributed by atoms with Crippen LogP contribution < -0.4 is 15.4 Å². The van der Waals surface area contributed by atoms with Crippen molar-refractivity contribution in [3.63, 3.8) is 0 Å². The smallest absolute Gasteiger partial charge is 0.251 e. The van der Waals surface area contributed by atoms with Gasteiger partial charge in [0, 0.05) is 29.7 Å². The van der Waals surface area contributed by atoms with Crippen LogP contribution in [0.3, 0.4) is 0 Å². The molecule has 0 bridgehead atoms. The van der Waals surface area contributed by atoms with E-state index in [4.69, 9.17) is 4.74 Å². The van der Waals surface area contributed by atoms with Crippen LogP contribution in [0.15, 0.2) is 85.2 Å². The van der Waals surface area contributed by atoms with E-state index < -0.39 is 6.04 Å². The van der Waals surface area contributed by atoms with Gasteiger partial charge in [-0.05, 0) is 42.3 Å². The van der Waals surface area contributed by atoms with Gasteiger partial charge in [0.15, 0.2) is 0 Å². The van der Waals surface area contributed by atoms with Crippen LogP contribution in [-0.4, -0.2) is 27.2 Å². The molecule has 0 saturated heterocycles. The third kappa shape index (κ3) is 5.57. The lowest BCUT2D eigenvalue weighted by atomic mass is 10.0. The number of carbonyl (C=O) groups excluding carboxylic acids is 2. The van der Waals surface area contributed by atoms with Crippen LogP contribution in [-0.2, 0) is 11.4 Å². The van der Waals surface area contributed by atoms with E-state index in [0.717, 1.165) is 11.3 Å². The maximum atomic E-state index is 12.9. The number of anilines is 1. The predicted octanol–water partition coefficient (Wildman–Crippen LogP) is 4.31. The highest BCUT2D eigenvalue weighted by Crippen LogP contribution is 2.20. The lowest BCUT2D eigenvalue weighted by molar-refractivity contribution is -0.118. The summed E-state index contributed by atoms with van der Waals surface area (Å²) in [6.07, 6.45) is 3.85. The zero-order valence-electron chi connectivity index (χ0n) is 18.6. The molecular weight excluding hydrogens is 416 g/mol. The van der Waals surface area contributed by atoms with Crippen molar-refractivity contribution in [3.8, 4) is 5.75 Å². The molecule has 1 unspecified atom stereocenters. The Hall–Kier alpha value is -4.13. The first-order valence-corrected chi connectivity index (χ1v) is 10.8. The quantitative estimate of drug-likeness (QED) is 0.426. The summed E-state index contributed by atoms with van der Waals surface area (Å²) >= 11 is 0. The number of carbonyl (C=O) groups is 2. The van der Waals surface area contributed by atoms with Crippen molar-refractivity contribution < 1.29 is 14.3 Å². The number of aromatic nitrogens is 2. The number of nitrogens with zero attached hydrogens (tertiary/aromatic N) is 2. The molecule has 4 aromatic rings. The topological polar surface area (TPSA) is 84.7 Å². The molecule has 7 nitrogen and oxygen atoms in total. The molecule has 2 aromatic heterocycles. The number of rotatable bonds is 8. The molecule has 168 valence electrons. The molecule has 4 rings (SSSR count). The standard InChI is InChI=1S/C26H26N4O3/c1-18(2)24(29-25(31)19-9-4-3-5-10-19)26(32)28-20-11-8-12-22(15-20)33-17-21-16-30-14-7-6-13-23(30)27-21/h3-16,18,24H,17H2,1-2H3,(H,28,32)(H,29,31). The van der Waals surface area contributed by atoms with Crippen LogP contribution in [0.5, 0.6) is 5.75 Å². The molecule has 0 aliphatic heterocycles. The summed E-state index contributed by atoms with van der Waals surface area (Å²) in [6, 6.07) is 21.1. The molecule has 0 spiro atoms. The van der Waals surface area contributed by atoms with E-state index in [1.807, 2.05) is 67.0 Å². The number of ether oxygens (including phenoxy) is 1. The van der Waals surface area contributed by atoms with E-state index in [-0.39, 0.29) is 17.7 Å². The van der Waals surface area contributed by atoms with E-state index in [1.165, 1.54) is 0 Å². The Morgan fingerprint density at radius 1 is 1.00 bits per heavy atom. The average Bonchev–Trinajstić information content (AvgIpc) is 3.24. The van der Waals surface area contributed by atoms with Crippen LogP contribution in [0.2, 0.25) is 0 Å². The van der Waals surface area contributed by atoms with Gasteiger partial charge in [0.05, 0.1) is 5.69 Å². The normalized spacial score (nSPS) is 11.8. The van der Waals surface area contributed by atoms with E-state index in [1.54, 1.807) is 36.4 Å². The maximum absolute atomic E-state index is 12.9. The molecule has 1 atom stereocenters. The van der Waals surface area contributed by atoms with Gasteiger partial charge in [-0.25, -0.2) is 4.98 Å². The Balaban J connectivity index is 1.39. The first-order valence-electron chi connectivity index (χ1n) is 10.8. The minimum atomic E-state index is -0.680. The summed E-state index contributed by atoms with van der Waals surface area (Å²) in [6.45, 7) is 4.09. The predicted molar refractivity (Wildman–Crippen MR) is 127 cm³/mol. The molecular formula is C26H26N4O3. The number of amides is 2. The summed E-state index contributed by atoms with van der Waals surface area (Å²) in [7, 11) is 0. The molecule has 33 heavy (non-hydrogen) atoms. The zero-order chi connectivity index (χ0) is 23.2. The fourth-order valence-electron chi connectivity index (χ4n) is 3.45. The highest BCUT2D eigenvalue weighted by atomic mass is 16.5. The number of fused-ring (bicyclic) bond motifs is 1. The zero-order valence-corrected chi connectivity index (χ0v) is 18.6. The lowest BCUT2D eigenvalue weighted by Crippen LogP contribution is -2.47. The molecule has 2 amide bonds. The van der Waals surface area contributed by atoms with E-state index in [9.17, 15) is 9.59 Å². The number of nitrogens with one attached hydrogen (secondary N) is 2. The van der Waals surface area contributed by atoms with Crippen molar-refractivity contribution in [1.29, 1.82) is 0 Å². The SMILES string of the molecule is CC(C)C(NC(=O)c1ccccc1)C(=O)Nc1cccc(OCc2cn3ccccc3n2)c1. The molecule has 2 heterocycles. The van der Waals surface area contributed by atoms with Crippen LogP contribution in [0.4, 0.5) is 5.69 Å². The van der Waals surface area contributed by atoms with Gasteiger partial charge in [-0.15, -0.1) is 0 Å². The Bertz CT molecular complexity index is 1220. The van der Waals surface area contributed by atoms with Crippen LogP contribution >= 0.6 is 0 Å². The fourth-order valence-corrected chi connectivity index (χ4v) is 3.45. The first-order chi connectivity index (χ1) is 16.0. The largest absolute Gasteiger partial charge is 0.487 e. The minimum Gasteiger partial charge on any atom is -0.487 e. The number of benzene rings is 2. The van der Waals surface area contributed by atoms with Crippen molar-refractivity contribution in [1.82, 2.24) is 14.7 Å². The first kappa shape index (κ1) is 22.1. The highest BCUT2D eigenvalue weighted by molar-refractivity contribution is 6.01. The fraction of sp³-hybridized carbons (Fsp3) is 0.192. The molecule has 0 aliphatic carbocycles. The summed E-state index contributed by atoms with van der Waals surface area (Å²) in [5, 5.41) is 5.72. The number of hydrogen-bond acceptors (Lipinski definition) is 4. The van der Waals surface area contributed by atoms with Gasteiger partial charge in [-0.3, -0.25) is 9.59 Å². The van der Waals surface area contributed by atoms with Gasteiger partial charge < -0.3 is 19.8 Å². The molecule has 0 aliphatic rings. The second-order valence-electron chi connectivity index (χ2n) is 8.07. The molecule has 0 radical (unpaired) electrons. The lowest BCUT2D eigenvalue weighted by Gasteiger charge is -2.22. The monoisotopic (exact) mass is 442 g/mol. The molecule has 2 N–H and O–H groups in total. The average molecular weight is 443 g/mol. The Kier molecular flexibility index (Phi) is 6.69. The van der Waals surface area contributed by atoms with E-state index in [0.29, 0.717) is 23.6 Å². The van der Waals surface area contributed by atoms with Crippen molar-refractivity contribution in [2.24, 2.45) is 5.92 Å². The van der Waals surface area contributed by atoms with Crippen molar-refractivity contribution in [2.45, 2.75) is 26.5 Å². The minimum absolute atomic E-state index is 0.0906. The van der Waals surface area contributed by atoms with Gasteiger partial charge >= 0.3 is 0 Å². The third-order valence-corrected chi connectivity index (χ3v) is 5.17. The maximum Gasteiger partial charge on any atom is 0.251 e. The number of imidazole rings is 1. The van der Waals surface area contributed by atoms with Crippen molar-refractivity contribution in [2.75, 3.05) is 5.32 Å². The van der Waals surface area contributed by atoms with Gasteiger partial charge in [-0.1, -0.05) is 44.2 Å². The van der Waals surface area contributed by atoms with E-state index in [2.05, 4.69) is 15.6 Å². The molecule has 0 fully saturated rings. The summed E-state index contributed by atoms with van der Waals surface area (Å²) < 4.78 is 7.81. The van der Waals surface area contributed by atoms with Crippen LogP contribution in [0.25, 0.3) is 5.65 Å². The number of hydrogen-bond donors (Lipinski definition) is 2. The van der Waals surface area contributed by atoms with Crippen LogP contribution in [0, 0.1) is 5.92 Å². The summed E-state index contributed by atoms with van der Waals surface area (Å²) in [4.78, 5) is 30.0. The Labute approximate surface area is 192 Å². The van der Waals surface area contributed by atoms with Crippen molar-refractivity contribution >= 4 is 23.1 Å². The summed E-state index contributed by atoms with van der Waals surface area (Å²) in [5.41, 5.74) is 2.76. The van der Waals surface area contributed by atoms with E-state index >= 15 is 0 Å². The highest BCUT2D eigenvalue weighted by Gasteiger charge is 2.24. The second kappa shape index (κ2) is 9.99. The van der Waals surface area contributed by atoms with Gasteiger partial charge in [0.1, 0.15) is 24.0 Å². The Morgan fingerprint density at radius 2 is 1.79 bits per heavy atom. The Morgan fingerprint density at radius 3 is 2.55 bits per heavy atom. The van der Waals surface area contributed by atoms with Gasteiger partial charge in [0.2, 0.25) is 5.91 Å². The van der Waals surface area contributed by atoms with Gasteiger partial charge in [-0.2, -0.15) is 0 Å². The molecule has 7 heteroatoms. The number of pyridine rings is 1. The van der Waals surface area contributed by atoms with Crippen molar-refractivity contribution in [3.05, 3.63) is 96.4 Å². The molecule has 2 aromatic carbocycles. The van der Waals surface area contributed by atoms with Crippen LogP contribution in [0.1, 0.15) is 29.9 Å². The summed E-state index contributed by atoms with van der Waals surface area (Å²) in [5.74, 6) is -0.0489. The third-order valence-electron chi connectivity index (χ3n) is 5.17. The molecule has 0 saturated carbocycles. The second-order valence-corrected chi connectivity index (χ2v) is 8.07.